The van der Waals surface area contributed by atoms with E-state index in [1.54, 1.807) is 36.4 Å². The molecule has 1 heterocycles. The second-order valence-corrected chi connectivity index (χ2v) is 4.72. The van der Waals surface area contributed by atoms with Gasteiger partial charge in [-0.1, -0.05) is 12.1 Å². The second kappa shape index (κ2) is 6.79. The number of aliphatic imine (C=N–C) groups is 2. The first kappa shape index (κ1) is 14.8. The highest BCUT2D eigenvalue weighted by atomic mass is 19.1. The monoisotopic (exact) mass is 310 g/mol. The molecule has 0 unspecified atom stereocenters. The maximum Gasteiger partial charge on any atom is 0.145 e. The predicted octanol–water partition coefficient (Wildman–Crippen LogP) is 5.06. The summed E-state index contributed by atoms with van der Waals surface area (Å²) >= 11 is 0. The summed E-state index contributed by atoms with van der Waals surface area (Å²) in [4.78, 5) is 8.26. The minimum Gasteiger partial charge on any atom is -0.454 e. The Morgan fingerprint density at radius 1 is 0.696 bits per heavy atom. The van der Waals surface area contributed by atoms with E-state index in [1.165, 1.54) is 36.7 Å². The molecule has 0 atom stereocenters. The first-order chi connectivity index (χ1) is 11.2. The lowest BCUT2D eigenvalue weighted by atomic mass is 10.3. The highest BCUT2D eigenvalue weighted by molar-refractivity contribution is 5.83. The molecule has 0 saturated carbocycles. The number of furan rings is 1. The summed E-state index contributed by atoms with van der Waals surface area (Å²) in [5, 5.41) is 0. The van der Waals surface area contributed by atoms with Crippen LogP contribution in [0.25, 0.3) is 0 Å². The van der Waals surface area contributed by atoms with Crippen molar-refractivity contribution in [3.05, 3.63) is 83.8 Å². The fraction of sp³-hybridized carbons (Fsp3) is 0. The van der Waals surface area contributed by atoms with E-state index >= 15 is 0 Å². The quantitative estimate of drug-likeness (QED) is 0.621. The van der Waals surface area contributed by atoms with E-state index in [2.05, 4.69) is 9.98 Å². The molecule has 0 saturated heterocycles. The molecule has 1 aromatic heterocycles. The molecule has 0 radical (unpaired) electrons. The summed E-state index contributed by atoms with van der Waals surface area (Å²) in [6.07, 6.45) is 2.99. The van der Waals surface area contributed by atoms with Crippen molar-refractivity contribution in [2.75, 3.05) is 0 Å². The van der Waals surface area contributed by atoms with Crippen LogP contribution in [0.4, 0.5) is 20.2 Å². The number of rotatable bonds is 4. The normalized spacial score (nSPS) is 11.6. The van der Waals surface area contributed by atoms with Crippen molar-refractivity contribution < 1.29 is 13.2 Å². The molecular weight excluding hydrogens is 298 g/mol. The summed E-state index contributed by atoms with van der Waals surface area (Å²) in [6.45, 7) is 0. The summed E-state index contributed by atoms with van der Waals surface area (Å²) in [5.74, 6) is 0.328. The van der Waals surface area contributed by atoms with Gasteiger partial charge in [0.25, 0.3) is 0 Å². The predicted molar refractivity (Wildman–Crippen MR) is 86.0 cm³/mol. The highest BCUT2D eigenvalue weighted by Crippen LogP contribution is 2.15. The highest BCUT2D eigenvalue weighted by Gasteiger charge is 1.98. The zero-order valence-electron chi connectivity index (χ0n) is 12.0. The lowest BCUT2D eigenvalue weighted by Gasteiger charge is -1.93. The van der Waals surface area contributed by atoms with E-state index in [9.17, 15) is 8.78 Å². The van der Waals surface area contributed by atoms with Gasteiger partial charge in [0.15, 0.2) is 0 Å². The molecule has 23 heavy (non-hydrogen) atoms. The van der Waals surface area contributed by atoms with Gasteiger partial charge in [0, 0.05) is 0 Å². The molecule has 3 rings (SSSR count). The molecule has 114 valence electrons. The van der Waals surface area contributed by atoms with Crippen LogP contribution in [0.5, 0.6) is 0 Å². The second-order valence-electron chi connectivity index (χ2n) is 4.72. The summed E-state index contributed by atoms with van der Waals surface area (Å²) in [7, 11) is 0. The molecule has 3 aromatic rings. The Hall–Kier alpha value is -3.08. The fourth-order valence-electron chi connectivity index (χ4n) is 1.90. The molecule has 3 nitrogen and oxygen atoms in total. The average molecular weight is 310 g/mol. The van der Waals surface area contributed by atoms with E-state index in [0.29, 0.717) is 22.9 Å². The SMILES string of the molecule is Fc1cccc(N=Cc2ccc(C=Nc3cccc(F)c3)o2)c1. The fourth-order valence-corrected chi connectivity index (χ4v) is 1.90. The molecule has 0 bridgehead atoms. The molecule has 0 fully saturated rings. The standard InChI is InChI=1S/C18H12F2N2O/c19-13-3-1-5-15(9-13)21-11-17-7-8-18(23-17)12-22-16-6-2-4-14(20)10-16/h1-12H. The Morgan fingerprint density at radius 3 is 1.61 bits per heavy atom. The van der Waals surface area contributed by atoms with Crippen LogP contribution < -0.4 is 0 Å². The van der Waals surface area contributed by atoms with E-state index < -0.39 is 0 Å². The van der Waals surface area contributed by atoms with Crippen LogP contribution >= 0.6 is 0 Å². The van der Waals surface area contributed by atoms with Crippen molar-refractivity contribution in [1.82, 2.24) is 0 Å². The number of halogens is 2. The van der Waals surface area contributed by atoms with Crippen LogP contribution in [0.15, 0.2) is 75.1 Å². The molecule has 0 N–H and O–H groups in total. The Kier molecular flexibility index (Phi) is 4.38. The van der Waals surface area contributed by atoms with Gasteiger partial charge in [0.1, 0.15) is 23.2 Å². The Bertz CT molecular complexity index is 799. The average Bonchev–Trinajstić information content (AvgIpc) is 2.99. The van der Waals surface area contributed by atoms with Gasteiger partial charge in [0.05, 0.1) is 23.8 Å². The largest absolute Gasteiger partial charge is 0.454 e. The topological polar surface area (TPSA) is 37.9 Å². The number of benzene rings is 2. The maximum atomic E-state index is 13.0. The minimum absolute atomic E-state index is 0.345. The lowest BCUT2D eigenvalue weighted by Crippen LogP contribution is -1.78. The molecule has 0 spiro atoms. The van der Waals surface area contributed by atoms with Gasteiger partial charge in [-0.2, -0.15) is 0 Å². The molecule has 0 amide bonds. The Labute approximate surface area is 131 Å². The number of hydrogen-bond donors (Lipinski definition) is 0. The van der Waals surface area contributed by atoms with Crippen LogP contribution in [0.3, 0.4) is 0 Å². The van der Waals surface area contributed by atoms with Crippen LogP contribution in [-0.2, 0) is 0 Å². The van der Waals surface area contributed by atoms with Gasteiger partial charge >= 0.3 is 0 Å². The molecular formula is C18H12F2N2O. The van der Waals surface area contributed by atoms with E-state index in [0.717, 1.165) is 0 Å². The van der Waals surface area contributed by atoms with E-state index in [1.807, 2.05) is 0 Å². The van der Waals surface area contributed by atoms with Crippen LogP contribution in [-0.4, -0.2) is 12.4 Å². The molecule has 0 aliphatic heterocycles. The third kappa shape index (κ3) is 4.20. The van der Waals surface area contributed by atoms with Gasteiger partial charge in [0.2, 0.25) is 0 Å². The summed E-state index contributed by atoms with van der Waals surface area (Å²) in [6, 6.07) is 15.3. The van der Waals surface area contributed by atoms with Gasteiger partial charge in [-0.15, -0.1) is 0 Å². The molecule has 5 heteroatoms. The minimum atomic E-state index is -0.345. The van der Waals surface area contributed by atoms with Crippen molar-refractivity contribution in [1.29, 1.82) is 0 Å². The van der Waals surface area contributed by atoms with Crippen molar-refractivity contribution >= 4 is 23.8 Å². The van der Waals surface area contributed by atoms with Crippen molar-refractivity contribution in [3.8, 4) is 0 Å². The van der Waals surface area contributed by atoms with Crippen LogP contribution in [0, 0.1) is 11.6 Å². The van der Waals surface area contributed by atoms with E-state index in [-0.39, 0.29) is 11.6 Å². The smallest absolute Gasteiger partial charge is 0.145 e. The number of nitrogens with zero attached hydrogens (tertiary/aromatic N) is 2. The van der Waals surface area contributed by atoms with Crippen molar-refractivity contribution in [2.24, 2.45) is 9.98 Å². The van der Waals surface area contributed by atoms with Crippen LogP contribution in [0.2, 0.25) is 0 Å². The van der Waals surface area contributed by atoms with Gasteiger partial charge in [-0.3, -0.25) is 9.98 Å². The van der Waals surface area contributed by atoms with E-state index in [4.69, 9.17) is 4.42 Å². The zero-order chi connectivity index (χ0) is 16.1. The van der Waals surface area contributed by atoms with Gasteiger partial charge in [-0.05, 0) is 48.5 Å². The first-order valence-electron chi connectivity index (χ1n) is 6.88. The van der Waals surface area contributed by atoms with Crippen molar-refractivity contribution in [3.63, 3.8) is 0 Å². The molecule has 0 aliphatic carbocycles. The molecule has 2 aromatic carbocycles. The third-order valence-corrected chi connectivity index (χ3v) is 2.95. The Morgan fingerprint density at radius 2 is 1.17 bits per heavy atom. The molecule has 0 aliphatic rings. The van der Waals surface area contributed by atoms with Gasteiger partial charge < -0.3 is 4.42 Å². The third-order valence-electron chi connectivity index (χ3n) is 2.95. The van der Waals surface area contributed by atoms with Gasteiger partial charge in [-0.25, -0.2) is 8.78 Å². The van der Waals surface area contributed by atoms with Crippen molar-refractivity contribution in [2.45, 2.75) is 0 Å². The number of hydrogen-bond acceptors (Lipinski definition) is 3. The first-order valence-corrected chi connectivity index (χ1v) is 6.88. The Balaban J connectivity index is 1.70. The maximum absolute atomic E-state index is 13.0. The zero-order valence-corrected chi connectivity index (χ0v) is 12.0. The van der Waals surface area contributed by atoms with Crippen LogP contribution in [0.1, 0.15) is 11.5 Å². The summed E-state index contributed by atoms with van der Waals surface area (Å²) in [5.41, 5.74) is 0.993. The lowest BCUT2D eigenvalue weighted by molar-refractivity contribution is 0.553. The summed E-state index contributed by atoms with van der Waals surface area (Å²) < 4.78 is 31.6.